The second-order valence-electron chi connectivity index (χ2n) is 4.75. The molecule has 19 heavy (non-hydrogen) atoms. The van der Waals surface area contributed by atoms with Crippen molar-refractivity contribution >= 4 is 16.9 Å². The summed E-state index contributed by atoms with van der Waals surface area (Å²) < 4.78 is 0. The van der Waals surface area contributed by atoms with Crippen LogP contribution >= 0.6 is 0 Å². The number of carbonyl (C=O) groups is 1. The lowest BCUT2D eigenvalue weighted by Crippen LogP contribution is -2.30. The van der Waals surface area contributed by atoms with E-state index in [0.717, 1.165) is 5.52 Å². The molecule has 0 aliphatic heterocycles. The van der Waals surface area contributed by atoms with Crippen molar-refractivity contribution in [3.63, 3.8) is 0 Å². The molecule has 5 nitrogen and oxygen atoms in total. The standard InChI is InChI=1S/C14H17N3O2/c1-9(2)15-13(18)8-7-12-14(19)17-11-6-4-3-5-10(11)16-12/h3-6,9H,7-8H2,1-2H3,(H,15,18)(H,17,19). The predicted octanol–water partition coefficient (Wildman–Crippen LogP) is 1.38. The van der Waals surface area contributed by atoms with Crippen molar-refractivity contribution in [3.05, 3.63) is 40.3 Å². The number of para-hydroxylation sites is 2. The molecule has 1 aromatic carbocycles. The van der Waals surface area contributed by atoms with Crippen molar-refractivity contribution in [3.8, 4) is 0 Å². The number of hydrogen-bond donors (Lipinski definition) is 2. The number of aromatic nitrogens is 2. The first-order valence-electron chi connectivity index (χ1n) is 6.33. The van der Waals surface area contributed by atoms with Crippen LogP contribution in [0.25, 0.3) is 11.0 Å². The van der Waals surface area contributed by atoms with E-state index in [-0.39, 0.29) is 23.9 Å². The Morgan fingerprint density at radius 3 is 2.84 bits per heavy atom. The van der Waals surface area contributed by atoms with E-state index in [0.29, 0.717) is 17.6 Å². The molecule has 5 heteroatoms. The number of nitrogens with zero attached hydrogens (tertiary/aromatic N) is 1. The molecule has 2 N–H and O–H groups in total. The highest BCUT2D eigenvalue weighted by Gasteiger charge is 2.08. The van der Waals surface area contributed by atoms with Crippen LogP contribution in [-0.4, -0.2) is 21.9 Å². The summed E-state index contributed by atoms with van der Waals surface area (Å²) in [5.74, 6) is -0.0654. The van der Waals surface area contributed by atoms with Gasteiger partial charge in [-0.3, -0.25) is 9.59 Å². The molecule has 0 spiro atoms. The van der Waals surface area contributed by atoms with Crippen molar-refractivity contribution in [2.75, 3.05) is 0 Å². The summed E-state index contributed by atoms with van der Waals surface area (Å²) in [5.41, 5.74) is 1.62. The lowest BCUT2D eigenvalue weighted by Gasteiger charge is -2.07. The van der Waals surface area contributed by atoms with Crippen LogP contribution in [0.2, 0.25) is 0 Å². The van der Waals surface area contributed by atoms with Crippen LogP contribution in [0.4, 0.5) is 0 Å². The number of fused-ring (bicyclic) bond motifs is 1. The molecule has 0 fully saturated rings. The van der Waals surface area contributed by atoms with Gasteiger partial charge in [-0.15, -0.1) is 0 Å². The number of carbonyl (C=O) groups excluding carboxylic acids is 1. The minimum atomic E-state index is -0.226. The van der Waals surface area contributed by atoms with Crippen molar-refractivity contribution in [1.82, 2.24) is 15.3 Å². The molecule has 0 unspecified atom stereocenters. The van der Waals surface area contributed by atoms with E-state index < -0.39 is 0 Å². The third-order valence-corrected chi connectivity index (χ3v) is 2.71. The predicted molar refractivity (Wildman–Crippen MR) is 74.0 cm³/mol. The van der Waals surface area contributed by atoms with Gasteiger partial charge in [-0.2, -0.15) is 0 Å². The number of amides is 1. The van der Waals surface area contributed by atoms with E-state index >= 15 is 0 Å². The fourth-order valence-corrected chi connectivity index (χ4v) is 1.86. The lowest BCUT2D eigenvalue weighted by molar-refractivity contribution is -0.121. The van der Waals surface area contributed by atoms with Gasteiger partial charge in [-0.25, -0.2) is 4.98 Å². The van der Waals surface area contributed by atoms with Gasteiger partial charge in [-0.05, 0) is 26.0 Å². The van der Waals surface area contributed by atoms with Crippen molar-refractivity contribution < 1.29 is 4.79 Å². The summed E-state index contributed by atoms with van der Waals surface area (Å²) in [6.45, 7) is 3.80. The van der Waals surface area contributed by atoms with E-state index in [1.165, 1.54) is 0 Å². The number of hydrogen-bond acceptors (Lipinski definition) is 3. The summed E-state index contributed by atoms with van der Waals surface area (Å²) in [7, 11) is 0. The van der Waals surface area contributed by atoms with Gasteiger partial charge >= 0.3 is 0 Å². The number of nitrogens with one attached hydrogen (secondary N) is 2. The Balaban J connectivity index is 2.14. The van der Waals surface area contributed by atoms with Gasteiger partial charge in [-0.1, -0.05) is 12.1 Å². The second kappa shape index (κ2) is 5.65. The van der Waals surface area contributed by atoms with Crippen molar-refractivity contribution in [2.45, 2.75) is 32.7 Å². The Morgan fingerprint density at radius 1 is 1.37 bits per heavy atom. The van der Waals surface area contributed by atoms with Crippen molar-refractivity contribution in [2.24, 2.45) is 0 Å². The minimum Gasteiger partial charge on any atom is -0.354 e. The largest absolute Gasteiger partial charge is 0.354 e. The maximum Gasteiger partial charge on any atom is 0.270 e. The zero-order chi connectivity index (χ0) is 13.8. The molecule has 0 saturated carbocycles. The average molecular weight is 259 g/mol. The first-order chi connectivity index (χ1) is 9.06. The fourth-order valence-electron chi connectivity index (χ4n) is 1.86. The zero-order valence-corrected chi connectivity index (χ0v) is 11.1. The molecule has 0 aliphatic carbocycles. The van der Waals surface area contributed by atoms with Crippen molar-refractivity contribution in [1.29, 1.82) is 0 Å². The Bertz CT molecular complexity index is 646. The normalized spacial score (nSPS) is 10.9. The average Bonchev–Trinajstić information content (AvgIpc) is 2.35. The molecule has 0 radical (unpaired) electrons. The van der Waals surface area contributed by atoms with E-state index in [9.17, 15) is 9.59 Å². The SMILES string of the molecule is CC(C)NC(=O)CCc1nc2ccccc2[nH]c1=O. The highest BCUT2D eigenvalue weighted by atomic mass is 16.1. The monoisotopic (exact) mass is 259 g/mol. The third-order valence-electron chi connectivity index (χ3n) is 2.71. The second-order valence-corrected chi connectivity index (χ2v) is 4.75. The Hall–Kier alpha value is -2.17. The van der Waals surface area contributed by atoms with E-state index in [4.69, 9.17) is 0 Å². The molecule has 1 heterocycles. The molecule has 2 rings (SSSR count). The highest BCUT2D eigenvalue weighted by Crippen LogP contribution is 2.06. The molecule has 0 atom stereocenters. The maximum atomic E-state index is 11.8. The van der Waals surface area contributed by atoms with Gasteiger partial charge in [0.1, 0.15) is 5.69 Å². The lowest BCUT2D eigenvalue weighted by atomic mass is 10.2. The Labute approximate surface area is 111 Å². The number of aromatic amines is 1. The quantitative estimate of drug-likeness (QED) is 0.871. The number of H-pyrrole nitrogens is 1. The van der Waals surface area contributed by atoms with Crippen LogP contribution in [0.15, 0.2) is 29.1 Å². The van der Waals surface area contributed by atoms with Gasteiger partial charge in [0.05, 0.1) is 11.0 Å². The molecule has 0 aliphatic rings. The van der Waals surface area contributed by atoms with Crippen LogP contribution in [0.5, 0.6) is 0 Å². The van der Waals surface area contributed by atoms with Gasteiger partial charge in [0, 0.05) is 18.9 Å². The molecule has 0 bridgehead atoms. The summed E-state index contributed by atoms with van der Waals surface area (Å²) in [4.78, 5) is 30.4. The molecule has 1 aromatic heterocycles. The molecular formula is C14H17N3O2. The van der Waals surface area contributed by atoms with Gasteiger partial charge < -0.3 is 10.3 Å². The molecule has 0 saturated heterocycles. The molecule has 1 amide bonds. The molecule has 100 valence electrons. The zero-order valence-electron chi connectivity index (χ0n) is 11.1. The molecular weight excluding hydrogens is 242 g/mol. The van der Waals surface area contributed by atoms with E-state index in [1.807, 2.05) is 32.0 Å². The van der Waals surface area contributed by atoms with Crippen LogP contribution < -0.4 is 10.9 Å². The van der Waals surface area contributed by atoms with Crippen LogP contribution in [0.1, 0.15) is 26.0 Å². The minimum absolute atomic E-state index is 0.0654. The van der Waals surface area contributed by atoms with Crippen LogP contribution in [0.3, 0.4) is 0 Å². The van der Waals surface area contributed by atoms with E-state index in [2.05, 4.69) is 15.3 Å². The van der Waals surface area contributed by atoms with Gasteiger partial charge in [0.25, 0.3) is 5.56 Å². The third kappa shape index (κ3) is 3.40. The summed E-state index contributed by atoms with van der Waals surface area (Å²) in [6.07, 6.45) is 0.616. The Morgan fingerprint density at radius 2 is 2.11 bits per heavy atom. The Kier molecular flexibility index (Phi) is 3.94. The first kappa shape index (κ1) is 13.3. The van der Waals surface area contributed by atoms with Crippen LogP contribution in [-0.2, 0) is 11.2 Å². The fraction of sp³-hybridized carbons (Fsp3) is 0.357. The smallest absolute Gasteiger partial charge is 0.270 e. The van der Waals surface area contributed by atoms with Gasteiger partial charge in [0.2, 0.25) is 5.91 Å². The first-order valence-corrected chi connectivity index (χ1v) is 6.33. The summed E-state index contributed by atoms with van der Waals surface area (Å²) in [5, 5.41) is 2.79. The molecule has 2 aromatic rings. The summed E-state index contributed by atoms with van der Waals surface area (Å²) >= 11 is 0. The summed E-state index contributed by atoms with van der Waals surface area (Å²) in [6, 6.07) is 7.45. The van der Waals surface area contributed by atoms with Crippen LogP contribution in [0, 0.1) is 0 Å². The van der Waals surface area contributed by atoms with E-state index in [1.54, 1.807) is 6.07 Å². The number of rotatable bonds is 4. The maximum absolute atomic E-state index is 11.8. The topological polar surface area (TPSA) is 74.8 Å². The number of aryl methyl sites for hydroxylation is 1. The number of benzene rings is 1. The van der Waals surface area contributed by atoms with Gasteiger partial charge in [0.15, 0.2) is 0 Å². The highest BCUT2D eigenvalue weighted by molar-refractivity contribution is 5.76.